The zero-order valence-electron chi connectivity index (χ0n) is 15.7. The average Bonchev–Trinajstić information content (AvgIpc) is 2.79. The molecule has 0 spiro atoms. The lowest BCUT2D eigenvalue weighted by atomic mass is 9.77. The van der Waals surface area contributed by atoms with Gasteiger partial charge in [-0.3, -0.25) is 10.1 Å². The second kappa shape index (κ2) is 7.98. The molecule has 0 saturated heterocycles. The third-order valence-corrected chi connectivity index (χ3v) is 5.03. The van der Waals surface area contributed by atoms with Crippen molar-refractivity contribution in [3.05, 3.63) is 142 Å². The second-order valence-corrected chi connectivity index (χ2v) is 6.78. The quantitative estimate of drug-likeness (QED) is 0.254. The molecule has 4 heteroatoms. The molecular weight excluding hydrogens is 360 g/mol. The molecule has 0 aliphatic rings. The SMILES string of the molecule is O=[N+]([O-])c1ccc(NC(c2ccccc2)(c2ccccc2)c2ccccc2)cc1. The predicted molar refractivity (Wildman–Crippen MR) is 116 cm³/mol. The van der Waals surface area contributed by atoms with Gasteiger partial charge < -0.3 is 5.32 Å². The van der Waals surface area contributed by atoms with Gasteiger partial charge in [-0.15, -0.1) is 0 Å². The van der Waals surface area contributed by atoms with Crippen LogP contribution < -0.4 is 5.32 Å². The molecule has 0 bridgehead atoms. The Morgan fingerprint density at radius 2 is 0.966 bits per heavy atom. The Labute approximate surface area is 169 Å². The van der Waals surface area contributed by atoms with E-state index in [1.165, 1.54) is 12.1 Å². The van der Waals surface area contributed by atoms with Gasteiger partial charge in [0.2, 0.25) is 0 Å². The third-order valence-electron chi connectivity index (χ3n) is 5.03. The van der Waals surface area contributed by atoms with Crippen LogP contribution in [0.5, 0.6) is 0 Å². The monoisotopic (exact) mass is 380 g/mol. The van der Waals surface area contributed by atoms with Crippen LogP contribution in [0.1, 0.15) is 16.7 Å². The first-order valence-corrected chi connectivity index (χ1v) is 9.39. The largest absolute Gasteiger partial charge is 0.368 e. The first-order chi connectivity index (χ1) is 14.2. The van der Waals surface area contributed by atoms with Crippen molar-refractivity contribution in [2.45, 2.75) is 5.54 Å². The van der Waals surface area contributed by atoms with E-state index in [2.05, 4.69) is 41.7 Å². The molecule has 4 rings (SSSR count). The molecule has 0 saturated carbocycles. The minimum absolute atomic E-state index is 0.0697. The summed E-state index contributed by atoms with van der Waals surface area (Å²) in [6, 6.07) is 37.2. The van der Waals surface area contributed by atoms with E-state index in [9.17, 15) is 10.1 Å². The fourth-order valence-corrected chi connectivity index (χ4v) is 3.66. The van der Waals surface area contributed by atoms with Crippen molar-refractivity contribution in [1.82, 2.24) is 0 Å². The highest BCUT2D eigenvalue weighted by Gasteiger charge is 2.36. The summed E-state index contributed by atoms with van der Waals surface area (Å²) in [4.78, 5) is 10.7. The zero-order chi connectivity index (χ0) is 20.1. The molecule has 0 fully saturated rings. The molecule has 0 aliphatic carbocycles. The summed E-state index contributed by atoms with van der Waals surface area (Å²) in [5.74, 6) is 0. The van der Waals surface area contributed by atoms with Crippen LogP contribution in [-0.4, -0.2) is 4.92 Å². The normalized spacial score (nSPS) is 11.0. The highest BCUT2D eigenvalue weighted by molar-refractivity contribution is 5.61. The summed E-state index contributed by atoms with van der Waals surface area (Å²) in [5.41, 5.74) is 3.45. The number of nitro groups is 1. The molecule has 4 aromatic carbocycles. The highest BCUT2D eigenvalue weighted by atomic mass is 16.6. The van der Waals surface area contributed by atoms with Gasteiger partial charge in [0, 0.05) is 17.8 Å². The number of nitrogens with one attached hydrogen (secondary N) is 1. The molecule has 0 radical (unpaired) electrons. The number of hydrogen-bond acceptors (Lipinski definition) is 3. The van der Waals surface area contributed by atoms with E-state index in [4.69, 9.17) is 0 Å². The summed E-state index contributed by atoms with van der Waals surface area (Å²) in [6.07, 6.45) is 0. The van der Waals surface area contributed by atoms with Crippen LogP contribution in [0, 0.1) is 10.1 Å². The lowest BCUT2D eigenvalue weighted by molar-refractivity contribution is -0.384. The van der Waals surface area contributed by atoms with E-state index in [1.54, 1.807) is 12.1 Å². The van der Waals surface area contributed by atoms with Crippen molar-refractivity contribution in [1.29, 1.82) is 0 Å². The maximum absolute atomic E-state index is 11.0. The molecule has 0 unspecified atom stereocenters. The summed E-state index contributed by atoms with van der Waals surface area (Å²) in [5, 5.41) is 14.7. The standard InChI is InChI=1S/C25H20N2O2/c28-27(29)24-18-16-23(17-19-24)26-25(20-10-4-1-5-11-20,21-12-6-2-7-13-21)22-14-8-3-9-15-22/h1-19,26H. The Kier molecular flexibility index (Phi) is 5.08. The lowest BCUT2D eigenvalue weighted by Gasteiger charge is -2.37. The van der Waals surface area contributed by atoms with Crippen molar-refractivity contribution < 1.29 is 4.92 Å². The fourth-order valence-electron chi connectivity index (χ4n) is 3.66. The zero-order valence-corrected chi connectivity index (χ0v) is 15.7. The number of non-ortho nitro benzene ring substituents is 1. The van der Waals surface area contributed by atoms with E-state index >= 15 is 0 Å². The van der Waals surface area contributed by atoms with Crippen LogP contribution in [0.3, 0.4) is 0 Å². The second-order valence-electron chi connectivity index (χ2n) is 6.78. The van der Waals surface area contributed by atoms with Crippen LogP contribution in [0.25, 0.3) is 0 Å². The van der Waals surface area contributed by atoms with E-state index < -0.39 is 5.54 Å². The minimum atomic E-state index is -0.653. The Bertz CT molecular complexity index is 983. The molecule has 0 amide bonds. The van der Waals surface area contributed by atoms with Crippen LogP contribution in [0.15, 0.2) is 115 Å². The molecule has 0 heterocycles. The van der Waals surface area contributed by atoms with Crippen molar-refractivity contribution in [2.75, 3.05) is 5.32 Å². The summed E-state index contributed by atoms with van der Waals surface area (Å²) in [7, 11) is 0. The lowest BCUT2D eigenvalue weighted by Crippen LogP contribution is -2.38. The number of nitrogens with zero attached hydrogens (tertiary/aromatic N) is 1. The van der Waals surface area contributed by atoms with Gasteiger partial charge in [-0.2, -0.15) is 0 Å². The molecular formula is C25H20N2O2. The summed E-state index contributed by atoms with van der Waals surface area (Å²) in [6.45, 7) is 0. The number of benzene rings is 4. The molecule has 1 N–H and O–H groups in total. The number of hydrogen-bond donors (Lipinski definition) is 1. The van der Waals surface area contributed by atoms with Crippen molar-refractivity contribution in [3.63, 3.8) is 0 Å². The highest BCUT2D eigenvalue weighted by Crippen LogP contribution is 2.40. The van der Waals surface area contributed by atoms with Crippen molar-refractivity contribution in [2.24, 2.45) is 0 Å². The smallest absolute Gasteiger partial charge is 0.269 e. The molecule has 4 aromatic rings. The Hall–Kier alpha value is -3.92. The number of anilines is 1. The van der Waals surface area contributed by atoms with Gasteiger partial charge in [-0.05, 0) is 28.8 Å². The van der Waals surface area contributed by atoms with Gasteiger partial charge in [0.25, 0.3) is 5.69 Å². The van der Waals surface area contributed by atoms with Gasteiger partial charge in [0.05, 0.1) is 4.92 Å². The van der Waals surface area contributed by atoms with Crippen LogP contribution in [0.4, 0.5) is 11.4 Å². The van der Waals surface area contributed by atoms with Crippen LogP contribution in [-0.2, 0) is 5.54 Å². The van der Waals surface area contributed by atoms with Crippen LogP contribution >= 0.6 is 0 Å². The first-order valence-electron chi connectivity index (χ1n) is 9.39. The molecule has 0 aliphatic heterocycles. The van der Waals surface area contributed by atoms with E-state index in [0.29, 0.717) is 0 Å². The average molecular weight is 380 g/mol. The predicted octanol–water partition coefficient (Wildman–Crippen LogP) is 6.00. The van der Waals surface area contributed by atoms with E-state index in [0.717, 1.165) is 22.4 Å². The summed E-state index contributed by atoms with van der Waals surface area (Å²) < 4.78 is 0. The number of nitro benzene ring substituents is 1. The molecule has 29 heavy (non-hydrogen) atoms. The summed E-state index contributed by atoms with van der Waals surface area (Å²) >= 11 is 0. The van der Waals surface area contributed by atoms with Gasteiger partial charge in [-0.25, -0.2) is 0 Å². The van der Waals surface area contributed by atoms with Crippen molar-refractivity contribution >= 4 is 11.4 Å². The first kappa shape index (κ1) is 18.4. The maximum Gasteiger partial charge on any atom is 0.269 e. The van der Waals surface area contributed by atoms with Crippen LogP contribution in [0.2, 0.25) is 0 Å². The van der Waals surface area contributed by atoms with Gasteiger partial charge >= 0.3 is 0 Å². The van der Waals surface area contributed by atoms with E-state index in [1.807, 2.05) is 54.6 Å². The van der Waals surface area contributed by atoms with Gasteiger partial charge in [0.1, 0.15) is 5.54 Å². The minimum Gasteiger partial charge on any atom is -0.368 e. The number of rotatable bonds is 6. The van der Waals surface area contributed by atoms with E-state index in [-0.39, 0.29) is 10.6 Å². The Morgan fingerprint density at radius 1 is 0.586 bits per heavy atom. The topological polar surface area (TPSA) is 55.2 Å². The maximum atomic E-state index is 11.0. The Morgan fingerprint density at radius 3 is 1.31 bits per heavy atom. The van der Waals surface area contributed by atoms with Gasteiger partial charge in [0.15, 0.2) is 0 Å². The molecule has 0 aromatic heterocycles. The molecule has 142 valence electrons. The molecule has 0 atom stereocenters. The Balaban J connectivity index is 1.93. The third kappa shape index (κ3) is 3.60. The fraction of sp³-hybridized carbons (Fsp3) is 0.0400. The molecule has 4 nitrogen and oxygen atoms in total. The van der Waals surface area contributed by atoms with Crippen molar-refractivity contribution in [3.8, 4) is 0 Å². The van der Waals surface area contributed by atoms with Gasteiger partial charge in [-0.1, -0.05) is 91.0 Å².